The van der Waals surface area contributed by atoms with Gasteiger partial charge in [-0.2, -0.15) is 10.2 Å². The summed E-state index contributed by atoms with van der Waals surface area (Å²) in [5.74, 6) is 0.438. The highest BCUT2D eigenvalue weighted by Crippen LogP contribution is 2.15. The van der Waals surface area contributed by atoms with E-state index >= 15 is 0 Å². The van der Waals surface area contributed by atoms with Crippen molar-refractivity contribution in [1.29, 1.82) is 0 Å². The molecule has 0 saturated carbocycles. The molecule has 0 saturated heterocycles. The summed E-state index contributed by atoms with van der Waals surface area (Å²) in [5.41, 5.74) is 3.45. The first-order valence-corrected chi connectivity index (χ1v) is 9.16. The molecule has 0 radical (unpaired) electrons. The lowest BCUT2D eigenvalue weighted by atomic mass is 10.2. The van der Waals surface area contributed by atoms with Crippen molar-refractivity contribution in [1.82, 2.24) is 19.6 Å². The number of hydrogen-bond donors (Lipinski definition) is 1. The number of amides is 1. The van der Waals surface area contributed by atoms with Crippen LogP contribution in [-0.2, 0) is 6.54 Å². The Morgan fingerprint density at radius 2 is 1.79 bits per heavy atom. The topological polar surface area (TPSA) is 64.7 Å². The van der Waals surface area contributed by atoms with E-state index < -0.39 is 0 Å². The molecule has 1 N–H and O–H groups in total. The lowest BCUT2D eigenvalue weighted by Crippen LogP contribution is -2.16. The third kappa shape index (κ3) is 3.97. The molecule has 0 bridgehead atoms. The van der Waals surface area contributed by atoms with E-state index in [-0.39, 0.29) is 5.91 Å². The van der Waals surface area contributed by atoms with Crippen molar-refractivity contribution in [2.24, 2.45) is 0 Å². The molecule has 28 heavy (non-hydrogen) atoms. The fraction of sp³-hybridized carbons (Fsp3) is 0.0952. The minimum atomic E-state index is -0.193. The predicted octanol–water partition coefficient (Wildman–Crippen LogP) is 4.33. The van der Waals surface area contributed by atoms with Gasteiger partial charge in [0.15, 0.2) is 0 Å². The van der Waals surface area contributed by atoms with Crippen LogP contribution >= 0.6 is 11.6 Å². The maximum Gasteiger partial charge on any atom is 0.256 e. The molecule has 4 aromatic rings. The second-order valence-electron chi connectivity index (χ2n) is 6.40. The van der Waals surface area contributed by atoms with Crippen molar-refractivity contribution in [2.75, 3.05) is 5.32 Å². The molecule has 6 nitrogen and oxygen atoms in total. The van der Waals surface area contributed by atoms with Gasteiger partial charge in [-0.15, -0.1) is 0 Å². The van der Waals surface area contributed by atoms with E-state index in [0.29, 0.717) is 22.9 Å². The molecule has 0 atom stereocenters. The number of nitrogens with zero attached hydrogens (tertiary/aromatic N) is 4. The molecule has 7 heteroatoms. The van der Waals surface area contributed by atoms with Crippen LogP contribution < -0.4 is 5.32 Å². The highest BCUT2D eigenvalue weighted by molar-refractivity contribution is 6.30. The van der Waals surface area contributed by atoms with Gasteiger partial charge < -0.3 is 5.32 Å². The number of anilines is 1. The molecular formula is C21H18ClN5O. The van der Waals surface area contributed by atoms with Gasteiger partial charge in [0.05, 0.1) is 24.1 Å². The van der Waals surface area contributed by atoms with Crippen LogP contribution in [0.15, 0.2) is 73.1 Å². The summed E-state index contributed by atoms with van der Waals surface area (Å²) < 4.78 is 3.51. The van der Waals surface area contributed by atoms with Crippen molar-refractivity contribution in [3.05, 3.63) is 94.9 Å². The second kappa shape index (κ2) is 7.70. The van der Waals surface area contributed by atoms with Crippen molar-refractivity contribution < 1.29 is 4.79 Å². The van der Waals surface area contributed by atoms with Crippen LogP contribution in [0.3, 0.4) is 0 Å². The Kier molecular flexibility index (Phi) is 4.95. The summed E-state index contributed by atoms with van der Waals surface area (Å²) in [6.45, 7) is 2.48. The molecule has 0 unspecified atom stereocenters. The van der Waals surface area contributed by atoms with E-state index in [1.54, 1.807) is 33.8 Å². The number of carbonyl (C=O) groups is 1. The largest absolute Gasteiger partial charge is 0.307 e. The zero-order chi connectivity index (χ0) is 19.5. The summed E-state index contributed by atoms with van der Waals surface area (Å²) >= 11 is 5.93. The summed E-state index contributed by atoms with van der Waals surface area (Å²) in [4.78, 5) is 12.6. The van der Waals surface area contributed by atoms with Gasteiger partial charge >= 0.3 is 0 Å². The number of aryl methyl sites for hydroxylation is 1. The van der Waals surface area contributed by atoms with Gasteiger partial charge in [-0.3, -0.25) is 4.79 Å². The number of benzene rings is 2. The van der Waals surface area contributed by atoms with Crippen molar-refractivity contribution >= 4 is 23.3 Å². The lowest BCUT2D eigenvalue weighted by Gasteiger charge is -2.10. The molecule has 4 rings (SSSR count). The molecule has 140 valence electrons. The Balaban J connectivity index is 1.47. The van der Waals surface area contributed by atoms with Crippen LogP contribution in [0.1, 0.15) is 21.6 Å². The molecule has 0 fully saturated rings. The van der Waals surface area contributed by atoms with Crippen LogP contribution in [0.25, 0.3) is 5.69 Å². The molecule has 0 aliphatic carbocycles. The second-order valence-corrected chi connectivity index (χ2v) is 6.84. The Morgan fingerprint density at radius 1 is 1.04 bits per heavy atom. The van der Waals surface area contributed by atoms with Crippen LogP contribution in [0.4, 0.5) is 5.82 Å². The maximum absolute atomic E-state index is 12.6. The molecule has 2 aromatic carbocycles. The van der Waals surface area contributed by atoms with E-state index in [1.807, 2.05) is 55.6 Å². The third-order valence-corrected chi connectivity index (χ3v) is 4.57. The van der Waals surface area contributed by atoms with Gasteiger partial charge in [-0.25, -0.2) is 9.36 Å². The minimum absolute atomic E-state index is 0.193. The monoisotopic (exact) mass is 391 g/mol. The number of rotatable bonds is 5. The molecule has 0 aliphatic heterocycles. The average molecular weight is 392 g/mol. The number of halogens is 1. The van der Waals surface area contributed by atoms with E-state index in [2.05, 4.69) is 15.5 Å². The Hall–Kier alpha value is -3.38. The summed E-state index contributed by atoms with van der Waals surface area (Å²) in [6.07, 6.45) is 3.55. The van der Waals surface area contributed by atoms with Gasteiger partial charge in [0.2, 0.25) is 0 Å². The van der Waals surface area contributed by atoms with Crippen LogP contribution in [0.2, 0.25) is 5.02 Å². The van der Waals surface area contributed by atoms with E-state index in [9.17, 15) is 4.79 Å². The Labute approximate surface area is 167 Å². The van der Waals surface area contributed by atoms with Gasteiger partial charge in [-0.1, -0.05) is 23.7 Å². The molecule has 2 aromatic heterocycles. The highest BCUT2D eigenvalue weighted by Gasteiger charge is 2.10. The fourth-order valence-electron chi connectivity index (χ4n) is 2.84. The summed E-state index contributed by atoms with van der Waals surface area (Å²) in [5, 5.41) is 12.3. The maximum atomic E-state index is 12.6. The van der Waals surface area contributed by atoms with Gasteiger partial charge in [-0.05, 0) is 55.0 Å². The number of carbonyl (C=O) groups excluding carboxylic acids is 1. The summed E-state index contributed by atoms with van der Waals surface area (Å²) in [7, 11) is 0. The van der Waals surface area contributed by atoms with Gasteiger partial charge in [0.25, 0.3) is 5.91 Å². The highest BCUT2D eigenvalue weighted by atomic mass is 35.5. The van der Waals surface area contributed by atoms with Crippen LogP contribution in [0, 0.1) is 6.92 Å². The molecule has 2 heterocycles. The van der Waals surface area contributed by atoms with Gasteiger partial charge in [0, 0.05) is 22.8 Å². The van der Waals surface area contributed by atoms with Gasteiger partial charge in [0.1, 0.15) is 5.82 Å². The van der Waals surface area contributed by atoms with E-state index in [1.165, 1.54) is 0 Å². The number of hydrogen-bond acceptors (Lipinski definition) is 3. The zero-order valence-electron chi connectivity index (χ0n) is 15.2. The average Bonchev–Trinajstić information content (AvgIpc) is 3.33. The number of nitrogens with one attached hydrogen (secondary N) is 1. The summed E-state index contributed by atoms with van der Waals surface area (Å²) in [6, 6.07) is 18.5. The zero-order valence-corrected chi connectivity index (χ0v) is 16.0. The Morgan fingerprint density at radius 3 is 2.46 bits per heavy atom. The van der Waals surface area contributed by atoms with Crippen molar-refractivity contribution in [3.63, 3.8) is 0 Å². The van der Waals surface area contributed by atoms with Crippen molar-refractivity contribution in [3.8, 4) is 5.69 Å². The lowest BCUT2D eigenvalue weighted by molar-refractivity contribution is 0.102. The first kappa shape index (κ1) is 18.0. The molecule has 0 aliphatic rings. The standard InChI is InChI=1S/C21H18ClN5O/c1-15-11-13-26(25-15)19-8-4-17(5-9-19)21(28)24-20-10-12-23-27(20)14-16-2-6-18(22)7-3-16/h2-13H,14H2,1H3,(H,24,28). The Bertz CT molecular complexity index is 1100. The smallest absolute Gasteiger partial charge is 0.256 e. The molecule has 0 spiro atoms. The fourth-order valence-corrected chi connectivity index (χ4v) is 2.97. The quantitative estimate of drug-likeness (QED) is 0.550. The third-order valence-electron chi connectivity index (χ3n) is 4.32. The first-order chi connectivity index (χ1) is 13.6. The van der Waals surface area contributed by atoms with Crippen molar-refractivity contribution in [2.45, 2.75) is 13.5 Å². The SMILES string of the molecule is Cc1ccn(-c2ccc(C(=O)Nc3ccnn3Cc3ccc(Cl)cc3)cc2)n1. The normalized spacial score (nSPS) is 10.8. The van der Waals surface area contributed by atoms with E-state index in [4.69, 9.17) is 11.6 Å². The molecule has 1 amide bonds. The first-order valence-electron chi connectivity index (χ1n) is 8.79. The predicted molar refractivity (Wildman–Crippen MR) is 109 cm³/mol. The van der Waals surface area contributed by atoms with Crippen LogP contribution in [-0.4, -0.2) is 25.5 Å². The molecular weight excluding hydrogens is 374 g/mol. The number of aromatic nitrogens is 4. The van der Waals surface area contributed by atoms with Crippen LogP contribution in [0.5, 0.6) is 0 Å². The van der Waals surface area contributed by atoms with E-state index in [0.717, 1.165) is 16.9 Å². The minimum Gasteiger partial charge on any atom is -0.307 e.